The molecule has 1 atom stereocenters. The van der Waals surface area contributed by atoms with Gasteiger partial charge in [0.2, 0.25) is 10.0 Å². The molecule has 1 saturated heterocycles. The topological polar surface area (TPSA) is 59.1 Å². The average molecular weight is 388 g/mol. The maximum absolute atomic E-state index is 12.8. The zero-order chi connectivity index (χ0) is 19.0. The Morgan fingerprint density at radius 1 is 0.926 bits per heavy atom. The van der Waals surface area contributed by atoms with Gasteiger partial charge in [0.15, 0.2) is 11.5 Å². The largest absolute Gasteiger partial charge is 0.449 e. The molecule has 0 aromatic heterocycles. The number of nitrogens with zero attached hydrogens (tertiary/aromatic N) is 2. The van der Waals surface area contributed by atoms with Crippen molar-refractivity contribution in [2.24, 2.45) is 0 Å². The van der Waals surface area contributed by atoms with Crippen LogP contribution in [0.4, 0.5) is 0 Å². The van der Waals surface area contributed by atoms with Gasteiger partial charge in [-0.2, -0.15) is 4.31 Å². The summed E-state index contributed by atoms with van der Waals surface area (Å²) in [4.78, 5) is 2.57. The number of para-hydroxylation sites is 2. The number of sulfonamides is 1. The molecule has 4 rings (SSSR count). The summed E-state index contributed by atoms with van der Waals surface area (Å²) in [5.74, 6) is 1.52. The van der Waals surface area contributed by atoms with Crippen molar-refractivity contribution in [1.82, 2.24) is 9.21 Å². The highest BCUT2D eigenvalue weighted by Crippen LogP contribution is 2.35. The molecule has 2 aromatic carbocycles. The van der Waals surface area contributed by atoms with Crippen LogP contribution in [0.3, 0.4) is 0 Å². The minimum Gasteiger partial charge on any atom is -0.449 e. The van der Waals surface area contributed by atoms with Gasteiger partial charge < -0.3 is 9.47 Å². The molecule has 2 aliphatic heterocycles. The van der Waals surface area contributed by atoms with Crippen LogP contribution in [-0.4, -0.2) is 56.1 Å². The molecule has 0 bridgehead atoms. The molecule has 2 aliphatic rings. The van der Waals surface area contributed by atoms with E-state index in [-0.39, 0.29) is 12.3 Å². The number of piperazine rings is 1. The maximum Gasteiger partial charge on any atom is 0.256 e. The van der Waals surface area contributed by atoms with E-state index in [4.69, 9.17) is 9.47 Å². The van der Waals surface area contributed by atoms with Gasteiger partial charge in [0, 0.05) is 26.2 Å². The maximum atomic E-state index is 12.8. The first-order valence-corrected chi connectivity index (χ1v) is 10.6. The monoisotopic (exact) mass is 388 g/mol. The number of ether oxygens (including phenoxy) is 2. The van der Waals surface area contributed by atoms with E-state index in [0.29, 0.717) is 31.1 Å². The summed E-state index contributed by atoms with van der Waals surface area (Å²) < 4.78 is 39.0. The molecule has 0 saturated carbocycles. The lowest BCUT2D eigenvalue weighted by Gasteiger charge is -2.38. The lowest BCUT2D eigenvalue weighted by molar-refractivity contribution is -0.0342. The van der Waals surface area contributed by atoms with Crippen LogP contribution < -0.4 is 9.47 Å². The molecule has 0 radical (unpaired) electrons. The Morgan fingerprint density at radius 3 is 2.04 bits per heavy atom. The second-order valence-corrected chi connectivity index (χ2v) is 8.98. The van der Waals surface area contributed by atoms with Gasteiger partial charge in [-0.3, -0.25) is 4.90 Å². The molecule has 144 valence electrons. The summed E-state index contributed by atoms with van der Waals surface area (Å²) in [6.07, 6.45) is -0.373. The van der Waals surface area contributed by atoms with E-state index in [9.17, 15) is 8.42 Å². The van der Waals surface area contributed by atoms with Gasteiger partial charge in [-0.15, -0.1) is 0 Å². The van der Waals surface area contributed by atoms with Gasteiger partial charge in [0.05, 0.1) is 10.9 Å². The van der Waals surface area contributed by atoms with Gasteiger partial charge in [-0.1, -0.05) is 29.8 Å². The van der Waals surface area contributed by atoms with Crippen LogP contribution in [0.2, 0.25) is 0 Å². The molecule has 6 nitrogen and oxygen atoms in total. The predicted molar refractivity (Wildman–Crippen MR) is 102 cm³/mol. The standard InChI is InChI=1S/C20H24N2O4S/c1-15-7-9-17(10-8-15)27(23,24)22-13-11-21(12-14-22)16(2)20-25-18-5-3-4-6-19(18)26-20/h3-10,16,20H,11-14H2,1-2H3/t16-/m0/s1. The molecule has 7 heteroatoms. The van der Waals surface area contributed by atoms with Crippen LogP contribution in [0.15, 0.2) is 53.4 Å². The Balaban J connectivity index is 1.38. The van der Waals surface area contributed by atoms with Crippen molar-refractivity contribution in [1.29, 1.82) is 0 Å². The average Bonchev–Trinajstić information content (AvgIpc) is 3.12. The van der Waals surface area contributed by atoms with E-state index >= 15 is 0 Å². The molecule has 0 N–H and O–H groups in total. The molecule has 0 amide bonds. The number of hydrogen-bond donors (Lipinski definition) is 0. The minimum atomic E-state index is -3.45. The van der Waals surface area contributed by atoms with Crippen molar-refractivity contribution in [3.05, 3.63) is 54.1 Å². The van der Waals surface area contributed by atoms with E-state index in [1.807, 2.05) is 43.3 Å². The highest BCUT2D eigenvalue weighted by atomic mass is 32.2. The predicted octanol–water partition coefficient (Wildman–Crippen LogP) is 2.49. The van der Waals surface area contributed by atoms with E-state index < -0.39 is 10.0 Å². The van der Waals surface area contributed by atoms with Crippen molar-refractivity contribution in [3.63, 3.8) is 0 Å². The lowest BCUT2D eigenvalue weighted by Crippen LogP contribution is -2.55. The molecule has 0 aliphatic carbocycles. The van der Waals surface area contributed by atoms with Crippen molar-refractivity contribution in [2.45, 2.75) is 31.1 Å². The third-order valence-electron chi connectivity index (χ3n) is 5.24. The third kappa shape index (κ3) is 3.54. The first-order chi connectivity index (χ1) is 12.9. The van der Waals surface area contributed by atoms with Crippen LogP contribution >= 0.6 is 0 Å². The van der Waals surface area contributed by atoms with Crippen LogP contribution in [0.25, 0.3) is 0 Å². The van der Waals surface area contributed by atoms with Crippen LogP contribution in [0.5, 0.6) is 11.5 Å². The van der Waals surface area contributed by atoms with Gasteiger partial charge in [-0.05, 0) is 38.1 Å². The molecule has 2 heterocycles. The molecule has 0 spiro atoms. The summed E-state index contributed by atoms with van der Waals surface area (Å²) in [5.41, 5.74) is 1.05. The van der Waals surface area contributed by atoms with Crippen molar-refractivity contribution in [3.8, 4) is 11.5 Å². The second kappa shape index (κ2) is 7.14. The fourth-order valence-corrected chi connectivity index (χ4v) is 4.92. The highest BCUT2D eigenvalue weighted by Gasteiger charge is 2.36. The van der Waals surface area contributed by atoms with Gasteiger partial charge in [0.25, 0.3) is 6.29 Å². The molecule has 27 heavy (non-hydrogen) atoms. The number of hydrogen-bond acceptors (Lipinski definition) is 5. The van der Waals surface area contributed by atoms with Gasteiger partial charge in [0.1, 0.15) is 0 Å². The lowest BCUT2D eigenvalue weighted by atomic mass is 10.2. The Kier molecular flexibility index (Phi) is 4.84. The highest BCUT2D eigenvalue weighted by molar-refractivity contribution is 7.89. The molecular weight excluding hydrogens is 364 g/mol. The van der Waals surface area contributed by atoms with Crippen molar-refractivity contribution < 1.29 is 17.9 Å². The van der Waals surface area contributed by atoms with Crippen molar-refractivity contribution >= 4 is 10.0 Å². The van der Waals surface area contributed by atoms with E-state index in [0.717, 1.165) is 17.1 Å². The number of fused-ring (bicyclic) bond motifs is 1. The third-order valence-corrected chi connectivity index (χ3v) is 7.15. The van der Waals surface area contributed by atoms with Crippen LogP contribution in [0.1, 0.15) is 12.5 Å². The summed E-state index contributed by atoms with van der Waals surface area (Å²) in [6.45, 7) is 6.21. The van der Waals surface area contributed by atoms with Crippen molar-refractivity contribution in [2.75, 3.05) is 26.2 Å². The van der Waals surface area contributed by atoms with Gasteiger partial charge in [-0.25, -0.2) is 8.42 Å². The summed E-state index contributed by atoms with van der Waals surface area (Å²) in [7, 11) is -3.45. The zero-order valence-corrected chi connectivity index (χ0v) is 16.4. The number of benzene rings is 2. The van der Waals surface area contributed by atoms with Gasteiger partial charge >= 0.3 is 0 Å². The summed E-state index contributed by atoms with van der Waals surface area (Å²) >= 11 is 0. The second-order valence-electron chi connectivity index (χ2n) is 7.04. The van der Waals surface area contributed by atoms with Crippen LogP contribution in [-0.2, 0) is 10.0 Å². The number of aryl methyl sites for hydroxylation is 1. The quantitative estimate of drug-likeness (QED) is 0.805. The SMILES string of the molecule is Cc1ccc(S(=O)(=O)N2CCN([C@@H](C)C3Oc4ccccc4O3)CC2)cc1. The molecule has 1 fully saturated rings. The molecule has 0 unspecified atom stereocenters. The summed E-state index contributed by atoms with van der Waals surface area (Å²) in [5, 5.41) is 0. The van der Waals surface area contributed by atoms with E-state index in [1.54, 1.807) is 16.4 Å². The Labute approximate surface area is 160 Å². The smallest absolute Gasteiger partial charge is 0.256 e. The Bertz CT molecular complexity index is 881. The first-order valence-electron chi connectivity index (χ1n) is 9.18. The van der Waals surface area contributed by atoms with E-state index in [2.05, 4.69) is 11.8 Å². The van der Waals surface area contributed by atoms with Crippen LogP contribution in [0, 0.1) is 6.92 Å². The normalized spacial score (nSPS) is 19.9. The fraction of sp³-hybridized carbons (Fsp3) is 0.400. The molecule has 2 aromatic rings. The Morgan fingerprint density at radius 2 is 1.48 bits per heavy atom. The minimum absolute atomic E-state index is 0.0293. The first kappa shape index (κ1) is 18.3. The number of rotatable bonds is 4. The van der Waals surface area contributed by atoms with E-state index in [1.165, 1.54) is 0 Å². The summed E-state index contributed by atoms with van der Waals surface area (Å²) in [6, 6.07) is 14.7. The molecular formula is C20H24N2O4S. The Hall–Kier alpha value is -2.09. The fourth-order valence-electron chi connectivity index (χ4n) is 3.50. The zero-order valence-electron chi connectivity index (χ0n) is 15.5.